The lowest BCUT2D eigenvalue weighted by molar-refractivity contribution is 0.589. The van der Waals surface area contributed by atoms with Crippen LogP contribution in [0.4, 0.5) is 0 Å². The van der Waals surface area contributed by atoms with Gasteiger partial charge in [0.05, 0.1) is 5.69 Å². The van der Waals surface area contributed by atoms with Crippen LogP contribution in [0.25, 0.3) is 44.0 Å². The number of aromatic nitrogens is 1. The second-order valence-electron chi connectivity index (χ2n) is 8.13. The highest BCUT2D eigenvalue weighted by Crippen LogP contribution is 2.38. The van der Waals surface area contributed by atoms with E-state index in [1.807, 2.05) is 6.20 Å². The van der Waals surface area contributed by atoms with Gasteiger partial charge in [-0.3, -0.25) is 4.98 Å². The van der Waals surface area contributed by atoms with Gasteiger partial charge < -0.3 is 4.42 Å². The normalized spacial score (nSPS) is 12.3. The van der Waals surface area contributed by atoms with E-state index in [0.29, 0.717) is 0 Å². The Labute approximate surface area is 158 Å². The van der Waals surface area contributed by atoms with E-state index in [0.717, 1.165) is 38.6 Å². The highest BCUT2D eigenvalue weighted by atomic mass is 16.3. The number of rotatable bonds is 1. The maximum Gasteiger partial charge on any atom is 0.144 e. The summed E-state index contributed by atoms with van der Waals surface area (Å²) in [6, 6.07) is 23.3. The van der Waals surface area contributed by atoms with Gasteiger partial charge >= 0.3 is 0 Å². The van der Waals surface area contributed by atoms with Crippen molar-refractivity contribution < 1.29 is 4.42 Å². The number of pyridine rings is 1. The Balaban J connectivity index is 1.83. The Kier molecular flexibility index (Phi) is 3.38. The second kappa shape index (κ2) is 5.68. The summed E-state index contributed by atoms with van der Waals surface area (Å²) >= 11 is 0. The lowest BCUT2D eigenvalue weighted by Gasteiger charge is -2.19. The Bertz CT molecular complexity index is 1300. The smallest absolute Gasteiger partial charge is 0.144 e. The van der Waals surface area contributed by atoms with E-state index in [1.165, 1.54) is 10.9 Å². The molecule has 0 saturated carbocycles. The average molecular weight is 351 g/mol. The number of nitrogens with zero attached hydrogens (tertiary/aromatic N) is 1. The van der Waals surface area contributed by atoms with Crippen molar-refractivity contribution in [2.75, 3.05) is 0 Å². The minimum absolute atomic E-state index is 0.0790. The van der Waals surface area contributed by atoms with Gasteiger partial charge in [0.1, 0.15) is 11.2 Å². The summed E-state index contributed by atoms with van der Waals surface area (Å²) in [6.07, 6.45) is 1.90. The summed E-state index contributed by atoms with van der Waals surface area (Å²) < 4.78 is 6.44. The first-order chi connectivity index (χ1) is 13.0. The predicted molar refractivity (Wildman–Crippen MR) is 113 cm³/mol. The lowest BCUT2D eigenvalue weighted by atomic mass is 9.87. The molecule has 0 spiro atoms. The number of benzene rings is 3. The van der Waals surface area contributed by atoms with Crippen molar-refractivity contribution in [2.45, 2.75) is 26.2 Å². The van der Waals surface area contributed by atoms with E-state index in [9.17, 15) is 0 Å². The monoisotopic (exact) mass is 351 g/mol. The van der Waals surface area contributed by atoms with Crippen LogP contribution in [-0.2, 0) is 5.41 Å². The van der Waals surface area contributed by atoms with Gasteiger partial charge in [-0.1, -0.05) is 63.2 Å². The molecule has 0 amide bonds. The molecule has 0 aliphatic rings. The van der Waals surface area contributed by atoms with E-state index in [2.05, 4.69) is 92.5 Å². The highest BCUT2D eigenvalue weighted by molar-refractivity contribution is 6.17. The summed E-state index contributed by atoms with van der Waals surface area (Å²) in [5.41, 5.74) is 5.20. The SMILES string of the molecule is CC(C)(C)c1ccnc(-c2cccc3c2oc2c4ccccc4ccc32)c1. The van der Waals surface area contributed by atoms with Crippen LogP contribution in [-0.4, -0.2) is 4.98 Å². The molecule has 0 atom stereocenters. The highest BCUT2D eigenvalue weighted by Gasteiger charge is 2.18. The first-order valence-corrected chi connectivity index (χ1v) is 9.32. The third kappa shape index (κ3) is 2.52. The van der Waals surface area contributed by atoms with Gasteiger partial charge in [0.2, 0.25) is 0 Å². The molecule has 3 aromatic carbocycles. The van der Waals surface area contributed by atoms with Crippen LogP contribution in [0.3, 0.4) is 0 Å². The zero-order valence-electron chi connectivity index (χ0n) is 15.8. The molecule has 0 saturated heterocycles. The van der Waals surface area contributed by atoms with Crippen molar-refractivity contribution in [3.05, 3.63) is 78.5 Å². The number of fused-ring (bicyclic) bond motifs is 5. The number of hydrogen-bond acceptors (Lipinski definition) is 2. The van der Waals surface area contributed by atoms with Crippen molar-refractivity contribution >= 4 is 32.7 Å². The first-order valence-electron chi connectivity index (χ1n) is 9.32. The molecule has 5 rings (SSSR count). The Morgan fingerprint density at radius 2 is 1.52 bits per heavy atom. The fourth-order valence-electron chi connectivity index (χ4n) is 3.77. The van der Waals surface area contributed by atoms with Gasteiger partial charge in [-0.25, -0.2) is 0 Å². The van der Waals surface area contributed by atoms with E-state index < -0.39 is 0 Å². The van der Waals surface area contributed by atoms with Gasteiger partial charge in [0.15, 0.2) is 0 Å². The Morgan fingerprint density at radius 1 is 0.741 bits per heavy atom. The molecule has 27 heavy (non-hydrogen) atoms. The number of furan rings is 1. The van der Waals surface area contributed by atoms with Crippen molar-refractivity contribution in [2.24, 2.45) is 0 Å². The molecule has 0 aliphatic carbocycles. The molecular formula is C25H21NO. The molecule has 2 nitrogen and oxygen atoms in total. The van der Waals surface area contributed by atoms with E-state index in [1.54, 1.807) is 0 Å². The summed E-state index contributed by atoms with van der Waals surface area (Å²) in [6.45, 7) is 6.67. The Hall–Kier alpha value is -3.13. The molecule has 5 aromatic rings. The van der Waals surface area contributed by atoms with Crippen molar-refractivity contribution in [1.29, 1.82) is 0 Å². The van der Waals surface area contributed by atoms with Crippen molar-refractivity contribution in [3.8, 4) is 11.3 Å². The van der Waals surface area contributed by atoms with E-state index in [4.69, 9.17) is 4.42 Å². The molecule has 2 aromatic heterocycles. The summed E-state index contributed by atoms with van der Waals surface area (Å²) in [7, 11) is 0. The van der Waals surface area contributed by atoms with Crippen LogP contribution in [0, 0.1) is 0 Å². The average Bonchev–Trinajstić information content (AvgIpc) is 3.07. The molecule has 0 radical (unpaired) electrons. The van der Waals surface area contributed by atoms with Crippen LogP contribution < -0.4 is 0 Å². The van der Waals surface area contributed by atoms with E-state index in [-0.39, 0.29) is 5.41 Å². The second-order valence-corrected chi connectivity index (χ2v) is 8.13. The molecular weight excluding hydrogens is 330 g/mol. The molecule has 132 valence electrons. The van der Waals surface area contributed by atoms with Crippen molar-refractivity contribution in [1.82, 2.24) is 4.98 Å². The standard InChI is InChI=1S/C25H21NO/c1-25(2,3)17-13-14-26-22(15-17)21-10-6-9-19-20-12-11-16-7-4-5-8-18(16)23(20)27-24(19)21/h4-15H,1-3H3. The van der Waals surface area contributed by atoms with E-state index >= 15 is 0 Å². The van der Waals surface area contributed by atoms with Gasteiger partial charge in [-0.2, -0.15) is 0 Å². The predicted octanol–water partition coefficient (Wildman–Crippen LogP) is 7.10. The number of hydrogen-bond donors (Lipinski definition) is 0. The molecule has 0 aliphatic heterocycles. The van der Waals surface area contributed by atoms with Gasteiger partial charge in [0, 0.05) is 27.9 Å². The maximum atomic E-state index is 6.44. The van der Waals surface area contributed by atoms with Gasteiger partial charge in [0.25, 0.3) is 0 Å². The van der Waals surface area contributed by atoms with Crippen LogP contribution in [0.15, 0.2) is 77.3 Å². The molecule has 0 unspecified atom stereocenters. The van der Waals surface area contributed by atoms with Crippen molar-refractivity contribution in [3.63, 3.8) is 0 Å². The third-order valence-electron chi connectivity index (χ3n) is 5.29. The topological polar surface area (TPSA) is 26.0 Å². The fraction of sp³-hybridized carbons (Fsp3) is 0.160. The maximum absolute atomic E-state index is 6.44. The Morgan fingerprint density at radius 3 is 2.37 bits per heavy atom. The molecule has 0 N–H and O–H groups in total. The largest absolute Gasteiger partial charge is 0.455 e. The quantitative estimate of drug-likeness (QED) is 0.322. The van der Waals surface area contributed by atoms with Crippen LogP contribution in [0.5, 0.6) is 0 Å². The minimum atomic E-state index is 0.0790. The van der Waals surface area contributed by atoms with Gasteiger partial charge in [-0.05, 0) is 40.6 Å². The van der Waals surface area contributed by atoms with Gasteiger partial charge in [-0.15, -0.1) is 0 Å². The minimum Gasteiger partial charge on any atom is -0.455 e. The molecule has 0 bridgehead atoms. The fourth-order valence-corrected chi connectivity index (χ4v) is 3.77. The summed E-state index contributed by atoms with van der Waals surface area (Å²) in [5.74, 6) is 0. The summed E-state index contributed by atoms with van der Waals surface area (Å²) in [5, 5.41) is 4.63. The zero-order chi connectivity index (χ0) is 18.6. The summed E-state index contributed by atoms with van der Waals surface area (Å²) in [4.78, 5) is 4.65. The third-order valence-corrected chi connectivity index (χ3v) is 5.29. The van der Waals surface area contributed by atoms with Crippen LogP contribution >= 0.6 is 0 Å². The van der Waals surface area contributed by atoms with Crippen LogP contribution in [0.1, 0.15) is 26.3 Å². The number of para-hydroxylation sites is 1. The molecule has 2 heterocycles. The zero-order valence-corrected chi connectivity index (χ0v) is 15.8. The van der Waals surface area contributed by atoms with Crippen LogP contribution in [0.2, 0.25) is 0 Å². The molecule has 0 fully saturated rings. The first kappa shape index (κ1) is 16.1. The molecule has 2 heteroatoms. The lowest BCUT2D eigenvalue weighted by Crippen LogP contribution is -2.11.